The molecule has 2 aliphatic rings. The van der Waals surface area contributed by atoms with Crippen LogP contribution in [-0.4, -0.2) is 42.0 Å². The van der Waals surface area contributed by atoms with Crippen molar-refractivity contribution in [1.29, 1.82) is 0 Å². The van der Waals surface area contributed by atoms with Crippen LogP contribution in [0, 0.1) is 0 Å². The Hall–Kier alpha value is -2.60. The Labute approximate surface area is 146 Å². The quantitative estimate of drug-likeness (QED) is 0.926. The summed E-state index contributed by atoms with van der Waals surface area (Å²) in [6.07, 6.45) is 2.13. The highest BCUT2D eigenvalue weighted by Gasteiger charge is 2.23. The van der Waals surface area contributed by atoms with Gasteiger partial charge in [0.15, 0.2) is 11.9 Å². The van der Waals surface area contributed by atoms with Crippen LogP contribution in [0.3, 0.4) is 0 Å². The van der Waals surface area contributed by atoms with E-state index in [4.69, 9.17) is 9.47 Å². The number of benzene rings is 1. The Morgan fingerprint density at radius 3 is 2.96 bits per heavy atom. The van der Waals surface area contributed by atoms with Crippen LogP contribution in [-0.2, 0) is 11.3 Å². The van der Waals surface area contributed by atoms with Crippen molar-refractivity contribution in [2.24, 2.45) is 0 Å². The molecule has 25 heavy (non-hydrogen) atoms. The molecule has 1 atom stereocenters. The first-order chi connectivity index (χ1) is 12.3. The van der Waals surface area contributed by atoms with Crippen LogP contribution < -0.4 is 14.8 Å². The molecule has 1 amide bonds. The van der Waals surface area contributed by atoms with Crippen molar-refractivity contribution < 1.29 is 14.3 Å². The molecule has 0 spiro atoms. The topological polar surface area (TPSA) is 63.7 Å². The lowest BCUT2D eigenvalue weighted by Crippen LogP contribution is -2.28. The van der Waals surface area contributed by atoms with Gasteiger partial charge in [0.05, 0.1) is 0 Å². The maximum atomic E-state index is 11.4. The van der Waals surface area contributed by atoms with Gasteiger partial charge < -0.3 is 14.8 Å². The number of amides is 1. The molecule has 1 aromatic heterocycles. The van der Waals surface area contributed by atoms with Gasteiger partial charge >= 0.3 is 0 Å². The Morgan fingerprint density at radius 1 is 1.20 bits per heavy atom. The molecule has 130 valence electrons. The minimum absolute atomic E-state index is 0.140. The molecule has 0 saturated carbocycles. The lowest BCUT2D eigenvalue weighted by molar-refractivity contribution is -0.120. The highest BCUT2D eigenvalue weighted by molar-refractivity contribution is 5.76. The third kappa shape index (κ3) is 3.74. The second kappa shape index (κ2) is 7.11. The number of aromatic nitrogens is 1. The predicted molar refractivity (Wildman–Crippen MR) is 92.4 cm³/mol. The van der Waals surface area contributed by atoms with Gasteiger partial charge in [-0.25, -0.2) is 4.98 Å². The average Bonchev–Trinajstić information content (AvgIpc) is 2.86. The summed E-state index contributed by atoms with van der Waals surface area (Å²) in [4.78, 5) is 17.9. The van der Waals surface area contributed by atoms with Crippen LogP contribution in [0.5, 0.6) is 11.6 Å². The number of hydrogen-bond donors (Lipinski definition) is 1. The Morgan fingerprint density at radius 2 is 2.08 bits per heavy atom. The average molecular weight is 339 g/mol. The molecule has 3 heterocycles. The molecule has 0 bridgehead atoms. The van der Waals surface area contributed by atoms with Gasteiger partial charge in [0.25, 0.3) is 5.88 Å². The monoisotopic (exact) mass is 339 g/mol. The molecule has 0 aliphatic carbocycles. The lowest BCUT2D eigenvalue weighted by Gasteiger charge is -2.26. The van der Waals surface area contributed by atoms with Crippen molar-refractivity contribution >= 4 is 5.91 Å². The molecule has 2 aliphatic heterocycles. The number of rotatable bonds is 3. The fourth-order valence-corrected chi connectivity index (χ4v) is 3.14. The van der Waals surface area contributed by atoms with Crippen LogP contribution in [0.15, 0.2) is 42.6 Å². The van der Waals surface area contributed by atoms with Gasteiger partial charge in [-0.05, 0) is 23.3 Å². The van der Waals surface area contributed by atoms with Gasteiger partial charge in [0.1, 0.15) is 6.61 Å². The van der Waals surface area contributed by atoms with Crippen LogP contribution >= 0.6 is 0 Å². The molecule has 6 nitrogen and oxygen atoms in total. The van der Waals surface area contributed by atoms with E-state index in [-0.39, 0.29) is 12.0 Å². The summed E-state index contributed by atoms with van der Waals surface area (Å²) in [6, 6.07) is 12.1. The maximum absolute atomic E-state index is 11.4. The first-order valence-electron chi connectivity index (χ1n) is 8.60. The Kier molecular flexibility index (Phi) is 4.52. The minimum Gasteiger partial charge on any atom is -0.484 e. The zero-order chi connectivity index (χ0) is 17.1. The van der Waals surface area contributed by atoms with Gasteiger partial charge in [-0.15, -0.1) is 0 Å². The van der Waals surface area contributed by atoms with E-state index in [1.54, 1.807) is 6.20 Å². The molecule has 1 N–H and O–H groups in total. The number of nitrogens with zero attached hydrogens (tertiary/aromatic N) is 2. The van der Waals surface area contributed by atoms with Crippen LogP contribution in [0.4, 0.5) is 0 Å². The number of carbonyl (C=O) groups excluding carboxylic acids is 1. The number of carbonyl (C=O) groups is 1. The van der Waals surface area contributed by atoms with E-state index in [0.29, 0.717) is 24.7 Å². The van der Waals surface area contributed by atoms with Crippen molar-refractivity contribution in [3.8, 4) is 11.6 Å². The summed E-state index contributed by atoms with van der Waals surface area (Å²) in [5.41, 5.74) is 2.31. The van der Waals surface area contributed by atoms with E-state index in [1.807, 2.05) is 12.1 Å². The van der Waals surface area contributed by atoms with E-state index in [2.05, 4.69) is 39.5 Å². The van der Waals surface area contributed by atoms with Gasteiger partial charge in [0.2, 0.25) is 5.91 Å². The summed E-state index contributed by atoms with van der Waals surface area (Å²) in [5, 5.41) is 2.90. The molecule has 0 unspecified atom stereocenters. The fraction of sp³-hybridized carbons (Fsp3) is 0.368. The number of pyridine rings is 1. The highest BCUT2D eigenvalue weighted by atomic mass is 16.6. The molecule has 4 rings (SSSR count). The van der Waals surface area contributed by atoms with Crippen molar-refractivity contribution in [3.05, 3.63) is 53.7 Å². The molecule has 6 heteroatoms. The first kappa shape index (κ1) is 15.9. The smallest absolute Gasteiger partial charge is 0.257 e. The number of fused-ring (bicyclic) bond motifs is 1. The van der Waals surface area contributed by atoms with Crippen molar-refractivity contribution in [2.45, 2.75) is 19.1 Å². The second-order valence-corrected chi connectivity index (χ2v) is 6.34. The Bertz CT molecular complexity index is 748. The van der Waals surface area contributed by atoms with Gasteiger partial charge in [0, 0.05) is 38.8 Å². The predicted octanol–water partition coefficient (Wildman–Crippen LogP) is 1.92. The molecule has 1 fully saturated rings. The fourth-order valence-electron chi connectivity index (χ4n) is 3.14. The van der Waals surface area contributed by atoms with E-state index in [9.17, 15) is 4.79 Å². The molecule has 2 aromatic rings. The highest BCUT2D eigenvalue weighted by Crippen LogP contribution is 2.33. The van der Waals surface area contributed by atoms with E-state index < -0.39 is 0 Å². The summed E-state index contributed by atoms with van der Waals surface area (Å²) < 4.78 is 11.7. The third-order valence-electron chi connectivity index (χ3n) is 4.54. The molecule has 1 aromatic carbocycles. The second-order valence-electron chi connectivity index (χ2n) is 6.34. The van der Waals surface area contributed by atoms with Crippen molar-refractivity contribution in [3.63, 3.8) is 0 Å². The van der Waals surface area contributed by atoms with Gasteiger partial charge in [-0.1, -0.05) is 24.3 Å². The number of ether oxygens (including phenoxy) is 2. The summed E-state index contributed by atoms with van der Waals surface area (Å²) in [7, 11) is 0. The van der Waals surface area contributed by atoms with E-state index >= 15 is 0 Å². The van der Waals surface area contributed by atoms with Crippen LogP contribution in [0.2, 0.25) is 0 Å². The zero-order valence-corrected chi connectivity index (χ0v) is 14.0. The molecule has 0 radical (unpaired) electrons. The summed E-state index contributed by atoms with van der Waals surface area (Å²) >= 11 is 0. The zero-order valence-electron chi connectivity index (χ0n) is 14.0. The normalized spacial score (nSPS) is 20.6. The number of hydrogen-bond acceptors (Lipinski definition) is 5. The van der Waals surface area contributed by atoms with Crippen LogP contribution in [0.1, 0.15) is 23.7 Å². The maximum Gasteiger partial charge on any atom is 0.257 e. The minimum atomic E-state index is -0.142. The first-order valence-corrected chi connectivity index (χ1v) is 8.60. The van der Waals surface area contributed by atoms with E-state index in [1.165, 1.54) is 5.56 Å². The van der Waals surface area contributed by atoms with Crippen molar-refractivity contribution in [2.75, 3.05) is 26.2 Å². The molecular formula is C19H21N3O3. The SMILES string of the molecule is O=C1CCN(Cc2ccc([C@H]3COc4cccnc4O3)cc2)CCN1. The largest absolute Gasteiger partial charge is 0.484 e. The molecular weight excluding hydrogens is 318 g/mol. The Balaban J connectivity index is 1.40. The lowest BCUT2D eigenvalue weighted by atomic mass is 10.1. The van der Waals surface area contributed by atoms with Crippen molar-refractivity contribution in [1.82, 2.24) is 15.2 Å². The van der Waals surface area contributed by atoms with Crippen LogP contribution in [0.25, 0.3) is 0 Å². The summed E-state index contributed by atoms with van der Waals surface area (Å²) in [5.74, 6) is 1.38. The number of nitrogens with one attached hydrogen (secondary N) is 1. The third-order valence-corrected chi connectivity index (χ3v) is 4.54. The standard InChI is InChI=1S/C19H21N3O3/c23-18-7-10-22(11-9-20-18)12-14-3-5-15(6-4-14)17-13-24-16-2-1-8-21-19(16)25-17/h1-6,8,17H,7,9-13H2,(H,20,23)/t17-/m1/s1. The van der Waals surface area contributed by atoms with Gasteiger partial charge in [-0.2, -0.15) is 0 Å². The summed E-state index contributed by atoms with van der Waals surface area (Å²) in [6.45, 7) is 3.74. The van der Waals surface area contributed by atoms with E-state index in [0.717, 1.165) is 31.7 Å². The molecule has 1 saturated heterocycles. The van der Waals surface area contributed by atoms with Gasteiger partial charge in [-0.3, -0.25) is 9.69 Å².